The Balaban J connectivity index is 2.33. The SMILES string of the molecule is NC(CC(=O)O)c1cc(Br)cc(C2(C(F)F)CC2)c1. The van der Waals surface area contributed by atoms with Gasteiger partial charge in [0.15, 0.2) is 0 Å². The monoisotopic (exact) mass is 333 g/mol. The van der Waals surface area contributed by atoms with E-state index in [2.05, 4.69) is 15.9 Å². The maximum Gasteiger partial charge on any atom is 0.305 e. The first kappa shape index (κ1) is 14.4. The van der Waals surface area contributed by atoms with Crippen molar-refractivity contribution in [3.05, 3.63) is 33.8 Å². The molecular formula is C13H14BrF2NO2. The van der Waals surface area contributed by atoms with Crippen LogP contribution < -0.4 is 5.73 Å². The maximum atomic E-state index is 13.1. The van der Waals surface area contributed by atoms with Gasteiger partial charge in [0, 0.05) is 10.5 Å². The Bertz CT molecular complexity index is 503. The fraction of sp³-hybridized carbons (Fsp3) is 0.462. The number of benzene rings is 1. The molecule has 0 amide bonds. The van der Waals surface area contributed by atoms with Crippen LogP contribution in [0.15, 0.2) is 22.7 Å². The van der Waals surface area contributed by atoms with E-state index in [0.717, 1.165) is 0 Å². The molecule has 1 aliphatic carbocycles. The summed E-state index contributed by atoms with van der Waals surface area (Å²) < 4.78 is 26.8. The number of carboxylic acids is 1. The summed E-state index contributed by atoms with van der Waals surface area (Å²) in [7, 11) is 0. The third-order valence-electron chi connectivity index (χ3n) is 3.52. The third-order valence-corrected chi connectivity index (χ3v) is 3.98. The smallest absolute Gasteiger partial charge is 0.305 e. The van der Waals surface area contributed by atoms with Gasteiger partial charge < -0.3 is 10.8 Å². The molecule has 1 unspecified atom stereocenters. The molecule has 2 rings (SSSR count). The van der Waals surface area contributed by atoms with Crippen molar-refractivity contribution in [2.75, 3.05) is 0 Å². The lowest BCUT2D eigenvalue weighted by Crippen LogP contribution is -2.20. The Labute approximate surface area is 117 Å². The van der Waals surface area contributed by atoms with Crippen molar-refractivity contribution >= 4 is 21.9 Å². The molecule has 0 radical (unpaired) electrons. The minimum absolute atomic E-state index is 0.225. The highest BCUT2D eigenvalue weighted by Crippen LogP contribution is 2.53. The molecule has 19 heavy (non-hydrogen) atoms. The zero-order chi connectivity index (χ0) is 14.2. The molecule has 0 saturated heterocycles. The molecule has 1 atom stereocenters. The maximum absolute atomic E-state index is 13.1. The second kappa shape index (κ2) is 5.17. The van der Waals surface area contributed by atoms with Gasteiger partial charge in [-0.25, -0.2) is 8.78 Å². The molecule has 3 N–H and O–H groups in total. The molecule has 0 aliphatic heterocycles. The average Bonchev–Trinajstić information content (AvgIpc) is 3.08. The highest BCUT2D eigenvalue weighted by Gasteiger charge is 2.52. The normalized spacial score (nSPS) is 18.4. The molecule has 0 aromatic heterocycles. The molecule has 0 heterocycles. The van der Waals surface area contributed by atoms with Crippen molar-refractivity contribution in [3.63, 3.8) is 0 Å². The van der Waals surface area contributed by atoms with E-state index < -0.39 is 23.9 Å². The second-order valence-corrected chi connectivity index (χ2v) is 5.85. The Hall–Kier alpha value is -1.01. The fourth-order valence-electron chi connectivity index (χ4n) is 2.19. The van der Waals surface area contributed by atoms with Crippen molar-refractivity contribution in [2.45, 2.75) is 37.1 Å². The number of rotatable bonds is 5. The highest BCUT2D eigenvalue weighted by molar-refractivity contribution is 9.10. The zero-order valence-electron chi connectivity index (χ0n) is 10.1. The lowest BCUT2D eigenvalue weighted by molar-refractivity contribution is -0.137. The molecule has 104 valence electrons. The van der Waals surface area contributed by atoms with Crippen LogP contribution in [-0.2, 0) is 10.2 Å². The predicted molar refractivity (Wildman–Crippen MR) is 70.2 cm³/mol. The van der Waals surface area contributed by atoms with Gasteiger partial charge in [-0.05, 0) is 36.1 Å². The van der Waals surface area contributed by atoms with Crippen LogP contribution in [0.4, 0.5) is 8.78 Å². The lowest BCUT2D eigenvalue weighted by atomic mass is 9.92. The lowest BCUT2D eigenvalue weighted by Gasteiger charge is -2.18. The van der Waals surface area contributed by atoms with Crippen LogP contribution in [0.25, 0.3) is 0 Å². The largest absolute Gasteiger partial charge is 0.481 e. The van der Waals surface area contributed by atoms with Crippen molar-refractivity contribution in [2.24, 2.45) is 5.73 Å². The predicted octanol–water partition coefficient (Wildman–Crippen LogP) is 3.22. The molecule has 0 spiro atoms. The first-order valence-corrected chi connectivity index (χ1v) is 6.71. The summed E-state index contributed by atoms with van der Waals surface area (Å²) in [5, 5.41) is 8.73. The second-order valence-electron chi connectivity index (χ2n) is 4.93. The summed E-state index contributed by atoms with van der Waals surface area (Å²) in [6.45, 7) is 0. The molecule has 0 bridgehead atoms. The molecule has 1 saturated carbocycles. The van der Waals surface area contributed by atoms with E-state index in [1.54, 1.807) is 18.2 Å². The Morgan fingerprint density at radius 2 is 2.05 bits per heavy atom. The number of carbonyl (C=O) groups is 1. The van der Waals surface area contributed by atoms with Crippen molar-refractivity contribution in [3.8, 4) is 0 Å². The number of halogens is 3. The van der Waals surface area contributed by atoms with E-state index >= 15 is 0 Å². The molecule has 1 aliphatic rings. The molecule has 1 aromatic carbocycles. The van der Waals surface area contributed by atoms with Gasteiger partial charge >= 0.3 is 5.97 Å². The van der Waals surface area contributed by atoms with Gasteiger partial charge in [0.1, 0.15) is 0 Å². The first-order valence-electron chi connectivity index (χ1n) is 5.91. The number of carboxylic acid groups (broad SMARTS) is 1. The van der Waals surface area contributed by atoms with E-state index in [1.807, 2.05) is 0 Å². The van der Waals surface area contributed by atoms with Crippen LogP contribution >= 0.6 is 15.9 Å². The zero-order valence-corrected chi connectivity index (χ0v) is 11.7. The Morgan fingerprint density at radius 3 is 2.53 bits per heavy atom. The summed E-state index contributed by atoms with van der Waals surface area (Å²) in [6.07, 6.45) is -1.73. The molecular weight excluding hydrogens is 320 g/mol. The third kappa shape index (κ3) is 2.95. The molecule has 6 heteroatoms. The topological polar surface area (TPSA) is 63.3 Å². The molecule has 1 fully saturated rings. The van der Waals surface area contributed by atoms with E-state index in [4.69, 9.17) is 10.8 Å². The van der Waals surface area contributed by atoms with Gasteiger partial charge in [0.25, 0.3) is 0 Å². The van der Waals surface area contributed by atoms with Gasteiger partial charge in [-0.2, -0.15) is 0 Å². The van der Waals surface area contributed by atoms with E-state index in [0.29, 0.717) is 28.4 Å². The van der Waals surface area contributed by atoms with Crippen molar-refractivity contribution < 1.29 is 18.7 Å². The van der Waals surface area contributed by atoms with Crippen LogP contribution in [0.2, 0.25) is 0 Å². The van der Waals surface area contributed by atoms with Crippen molar-refractivity contribution in [1.82, 2.24) is 0 Å². The Morgan fingerprint density at radius 1 is 1.42 bits per heavy atom. The summed E-state index contributed by atoms with van der Waals surface area (Å²) in [5.74, 6) is -1.01. The fourth-order valence-corrected chi connectivity index (χ4v) is 2.70. The van der Waals surface area contributed by atoms with Gasteiger partial charge in [0.2, 0.25) is 6.43 Å². The summed E-state index contributed by atoms with van der Waals surface area (Å²) in [6, 6.07) is 4.26. The van der Waals surface area contributed by atoms with E-state index in [9.17, 15) is 13.6 Å². The number of aliphatic carboxylic acids is 1. The van der Waals surface area contributed by atoms with Crippen LogP contribution in [0, 0.1) is 0 Å². The quantitative estimate of drug-likeness (QED) is 0.869. The van der Waals surface area contributed by atoms with Gasteiger partial charge in [0.05, 0.1) is 11.8 Å². The number of alkyl halides is 2. The number of hydrogen-bond acceptors (Lipinski definition) is 2. The van der Waals surface area contributed by atoms with Gasteiger partial charge in [-0.15, -0.1) is 0 Å². The molecule has 1 aromatic rings. The standard InChI is InChI=1S/C13H14BrF2NO2/c14-9-4-7(10(17)6-11(18)19)3-8(5-9)13(1-2-13)12(15)16/h3-5,10,12H,1-2,6,17H2,(H,18,19). The highest BCUT2D eigenvalue weighted by atomic mass is 79.9. The first-order chi connectivity index (χ1) is 8.85. The van der Waals surface area contributed by atoms with Gasteiger partial charge in [-0.1, -0.05) is 22.0 Å². The van der Waals surface area contributed by atoms with Crippen LogP contribution in [0.1, 0.15) is 36.4 Å². The summed E-state index contributed by atoms with van der Waals surface area (Å²) in [5.41, 5.74) is 5.82. The number of nitrogens with two attached hydrogens (primary N) is 1. The van der Waals surface area contributed by atoms with E-state index in [-0.39, 0.29) is 6.42 Å². The van der Waals surface area contributed by atoms with Crippen LogP contribution in [-0.4, -0.2) is 17.5 Å². The van der Waals surface area contributed by atoms with Crippen LogP contribution in [0.3, 0.4) is 0 Å². The Kier molecular flexibility index (Phi) is 3.92. The molecule has 3 nitrogen and oxygen atoms in total. The summed E-state index contributed by atoms with van der Waals surface area (Å²) >= 11 is 3.27. The van der Waals surface area contributed by atoms with E-state index in [1.165, 1.54) is 0 Å². The summed E-state index contributed by atoms with van der Waals surface area (Å²) in [4.78, 5) is 10.7. The van der Waals surface area contributed by atoms with Crippen LogP contribution in [0.5, 0.6) is 0 Å². The minimum Gasteiger partial charge on any atom is -0.481 e. The van der Waals surface area contributed by atoms with Crippen molar-refractivity contribution in [1.29, 1.82) is 0 Å². The average molecular weight is 334 g/mol. The minimum atomic E-state index is -2.41. The van der Waals surface area contributed by atoms with Gasteiger partial charge in [-0.3, -0.25) is 4.79 Å². The number of hydrogen-bond donors (Lipinski definition) is 2.